The lowest BCUT2D eigenvalue weighted by molar-refractivity contribution is 0.169. The van der Waals surface area contributed by atoms with Gasteiger partial charge in [-0.1, -0.05) is 6.92 Å². The maximum absolute atomic E-state index is 9.66. The zero-order chi connectivity index (χ0) is 11.5. The number of hydrogen-bond acceptors (Lipinski definition) is 3. The number of pyridine rings is 1. The maximum atomic E-state index is 9.66. The van der Waals surface area contributed by atoms with Gasteiger partial charge in [0.25, 0.3) is 0 Å². The van der Waals surface area contributed by atoms with Crippen LogP contribution in [0.3, 0.4) is 0 Å². The number of aliphatic hydroxyl groups is 1. The first-order chi connectivity index (χ1) is 7.72. The molecular weight excluding hydrogens is 200 g/mol. The van der Waals surface area contributed by atoms with Crippen molar-refractivity contribution in [2.45, 2.75) is 45.3 Å². The molecule has 0 aromatic carbocycles. The summed E-state index contributed by atoms with van der Waals surface area (Å²) in [7, 11) is 0. The van der Waals surface area contributed by atoms with Gasteiger partial charge in [-0.3, -0.25) is 4.98 Å². The summed E-state index contributed by atoms with van der Waals surface area (Å²) < 4.78 is 0. The van der Waals surface area contributed by atoms with Crippen molar-refractivity contribution in [3.05, 3.63) is 24.0 Å². The molecule has 1 saturated heterocycles. The van der Waals surface area contributed by atoms with Crippen LogP contribution in [0.25, 0.3) is 0 Å². The molecule has 0 radical (unpaired) electrons. The average Bonchev–Trinajstić information content (AvgIpc) is 2.75. The molecule has 1 fully saturated rings. The van der Waals surface area contributed by atoms with E-state index in [0.29, 0.717) is 12.5 Å². The molecule has 16 heavy (non-hydrogen) atoms. The fraction of sp³-hybridized carbons (Fsp3) is 0.615. The number of aliphatic hydroxyl groups excluding tert-OH is 1. The molecule has 3 heteroatoms. The first-order valence-electron chi connectivity index (χ1n) is 6.13. The van der Waals surface area contributed by atoms with Gasteiger partial charge in [0.2, 0.25) is 0 Å². The van der Waals surface area contributed by atoms with Crippen molar-refractivity contribution in [3.8, 4) is 0 Å². The second-order valence-electron chi connectivity index (χ2n) is 4.55. The lowest BCUT2D eigenvalue weighted by Gasteiger charge is -2.23. The van der Waals surface area contributed by atoms with E-state index in [9.17, 15) is 5.11 Å². The van der Waals surface area contributed by atoms with Crippen LogP contribution in [0, 0.1) is 0 Å². The maximum Gasteiger partial charge on any atom is 0.0957 e. The van der Waals surface area contributed by atoms with E-state index in [-0.39, 0.29) is 0 Å². The Balaban J connectivity index is 2.12. The third-order valence-electron chi connectivity index (χ3n) is 3.38. The Morgan fingerprint density at radius 3 is 2.88 bits per heavy atom. The van der Waals surface area contributed by atoms with E-state index in [2.05, 4.69) is 22.9 Å². The van der Waals surface area contributed by atoms with Crippen LogP contribution >= 0.6 is 0 Å². The summed E-state index contributed by atoms with van der Waals surface area (Å²) >= 11 is 0. The Morgan fingerprint density at radius 2 is 2.38 bits per heavy atom. The highest BCUT2D eigenvalue weighted by molar-refractivity contribution is 5.46. The van der Waals surface area contributed by atoms with Crippen molar-refractivity contribution in [2.24, 2.45) is 0 Å². The monoisotopic (exact) mass is 220 g/mol. The summed E-state index contributed by atoms with van der Waals surface area (Å²) in [5.74, 6) is 0. The summed E-state index contributed by atoms with van der Waals surface area (Å²) in [6.45, 7) is 5.34. The summed E-state index contributed by atoms with van der Waals surface area (Å²) in [5, 5.41) is 9.66. The highest BCUT2D eigenvalue weighted by atomic mass is 16.3. The van der Waals surface area contributed by atoms with Crippen LogP contribution in [-0.4, -0.2) is 22.7 Å². The van der Waals surface area contributed by atoms with Gasteiger partial charge in [0.05, 0.1) is 23.7 Å². The van der Waals surface area contributed by atoms with Gasteiger partial charge >= 0.3 is 0 Å². The second kappa shape index (κ2) is 4.83. The summed E-state index contributed by atoms with van der Waals surface area (Å²) in [6, 6.07) is 4.63. The molecule has 0 aliphatic carbocycles. The molecule has 1 aliphatic rings. The number of hydrogen-bond donors (Lipinski definition) is 1. The van der Waals surface area contributed by atoms with E-state index >= 15 is 0 Å². The van der Waals surface area contributed by atoms with E-state index in [4.69, 9.17) is 0 Å². The molecule has 0 spiro atoms. The van der Waals surface area contributed by atoms with Gasteiger partial charge in [-0.05, 0) is 38.3 Å². The van der Waals surface area contributed by atoms with Crippen molar-refractivity contribution in [1.29, 1.82) is 0 Å². The lowest BCUT2D eigenvalue weighted by Crippen LogP contribution is -2.26. The standard InChI is InChI=1S/C13H20N2O/c1-3-13(16)12-7-6-11(9-14-12)15-8-4-5-10(15)2/h6-7,9-10,13,16H,3-5,8H2,1-2H3/t10?,13-/m0/s1. The lowest BCUT2D eigenvalue weighted by atomic mass is 10.2. The van der Waals surface area contributed by atoms with Crippen molar-refractivity contribution >= 4 is 5.69 Å². The molecule has 2 atom stereocenters. The molecule has 1 aromatic heterocycles. The molecule has 1 unspecified atom stereocenters. The molecule has 0 saturated carbocycles. The van der Waals surface area contributed by atoms with Gasteiger partial charge in [-0.15, -0.1) is 0 Å². The van der Waals surface area contributed by atoms with Gasteiger partial charge in [0, 0.05) is 12.6 Å². The molecule has 2 heterocycles. The third kappa shape index (κ3) is 2.19. The predicted octanol–water partition coefficient (Wildman–Crippen LogP) is 2.51. The summed E-state index contributed by atoms with van der Waals surface area (Å²) in [4.78, 5) is 6.72. The topological polar surface area (TPSA) is 36.4 Å². The zero-order valence-electron chi connectivity index (χ0n) is 10.1. The fourth-order valence-electron chi connectivity index (χ4n) is 2.29. The van der Waals surface area contributed by atoms with E-state index in [1.54, 1.807) is 0 Å². The fourth-order valence-corrected chi connectivity index (χ4v) is 2.29. The molecule has 1 N–H and O–H groups in total. The van der Waals surface area contributed by atoms with E-state index in [1.165, 1.54) is 18.5 Å². The smallest absolute Gasteiger partial charge is 0.0957 e. The summed E-state index contributed by atoms with van der Waals surface area (Å²) in [6.07, 6.45) is 4.70. The van der Waals surface area contributed by atoms with Crippen LogP contribution in [-0.2, 0) is 0 Å². The molecular formula is C13H20N2O. The minimum atomic E-state index is -0.426. The van der Waals surface area contributed by atoms with Crippen LogP contribution in [0.4, 0.5) is 5.69 Å². The molecule has 1 aliphatic heterocycles. The van der Waals surface area contributed by atoms with Crippen molar-refractivity contribution in [3.63, 3.8) is 0 Å². The second-order valence-corrected chi connectivity index (χ2v) is 4.55. The SMILES string of the molecule is CC[C@H](O)c1ccc(N2CCCC2C)cn1. The first kappa shape index (κ1) is 11.4. The molecule has 88 valence electrons. The summed E-state index contributed by atoms with van der Waals surface area (Å²) in [5.41, 5.74) is 1.95. The minimum Gasteiger partial charge on any atom is -0.387 e. The number of nitrogens with zero attached hydrogens (tertiary/aromatic N) is 2. The number of aromatic nitrogens is 1. The van der Waals surface area contributed by atoms with Gasteiger partial charge in [0.15, 0.2) is 0 Å². The highest BCUT2D eigenvalue weighted by Crippen LogP contribution is 2.25. The molecule has 3 nitrogen and oxygen atoms in total. The molecule has 0 bridgehead atoms. The van der Waals surface area contributed by atoms with Crippen LogP contribution in [0.2, 0.25) is 0 Å². The average molecular weight is 220 g/mol. The van der Waals surface area contributed by atoms with Gasteiger partial charge in [-0.25, -0.2) is 0 Å². The van der Waals surface area contributed by atoms with Crippen molar-refractivity contribution < 1.29 is 5.11 Å². The van der Waals surface area contributed by atoms with Crippen LogP contribution in [0.5, 0.6) is 0 Å². The van der Waals surface area contributed by atoms with Crippen LogP contribution in [0.15, 0.2) is 18.3 Å². The number of rotatable bonds is 3. The Hall–Kier alpha value is -1.09. The Labute approximate surface area is 97.1 Å². The van der Waals surface area contributed by atoms with Crippen molar-refractivity contribution in [1.82, 2.24) is 4.98 Å². The van der Waals surface area contributed by atoms with E-state index < -0.39 is 6.10 Å². The van der Waals surface area contributed by atoms with E-state index in [0.717, 1.165) is 12.2 Å². The number of anilines is 1. The van der Waals surface area contributed by atoms with Crippen LogP contribution in [0.1, 0.15) is 44.9 Å². The highest BCUT2D eigenvalue weighted by Gasteiger charge is 2.20. The Morgan fingerprint density at radius 1 is 1.56 bits per heavy atom. The molecule has 0 amide bonds. The zero-order valence-corrected chi connectivity index (χ0v) is 10.1. The van der Waals surface area contributed by atoms with E-state index in [1.807, 2.05) is 19.2 Å². The normalized spacial score (nSPS) is 22.4. The van der Waals surface area contributed by atoms with Gasteiger partial charge in [0.1, 0.15) is 0 Å². The molecule has 1 aromatic rings. The molecule has 2 rings (SSSR count). The van der Waals surface area contributed by atoms with Gasteiger partial charge in [-0.2, -0.15) is 0 Å². The Bertz CT molecular complexity index is 336. The minimum absolute atomic E-state index is 0.426. The van der Waals surface area contributed by atoms with Crippen molar-refractivity contribution in [2.75, 3.05) is 11.4 Å². The predicted molar refractivity (Wildman–Crippen MR) is 65.5 cm³/mol. The van der Waals surface area contributed by atoms with Crippen LogP contribution < -0.4 is 4.90 Å². The van der Waals surface area contributed by atoms with Gasteiger partial charge < -0.3 is 10.0 Å². The first-order valence-corrected chi connectivity index (χ1v) is 6.13. The quantitative estimate of drug-likeness (QED) is 0.850. The largest absolute Gasteiger partial charge is 0.387 e. The Kier molecular flexibility index (Phi) is 3.44. The third-order valence-corrected chi connectivity index (χ3v) is 3.38.